The van der Waals surface area contributed by atoms with Crippen molar-refractivity contribution in [2.45, 2.75) is 37.2 Å². The van der Waals surface area contributed by atoms with E-state index in [0.29, 0.717) is 32.5 Å². The third-order valence-corrected chi connectivity index (χ3v) is 8.36. The molecule has 13 heteroatoms. The van der Waals surface area contributed by atoms with Crippen LogP contribution in [0.5, 0.6) is 0 Å². The van der Waals surface area contributed by atoms with E-state index in [4.69, 9.17) is 15.8 Å². The minimum atomic E-state index is -3.87. The molecule has 3 fully saturated rings. The first-order valence-electron chi connectivity index (χ1n) is 10.2. The molecule has 3 rings (SSSR count). The van der Waals surface area contributed by atoms with Gasteiger partial charge in [-0.25, -0.2) is 0 Å². The SMILES string of the molecule is N[C@@]1(C(=O)O)CN(S(=O)(=O)N(CC2CCNC2)C2CNC2)C[C@@H]1CCCB(O)O. The first-order valence-corrected chi connectivity index (χ1v) is 11.6. The normalized spacial score (nSPS) is 31.3. The van der Waals surface area contributed by atoms with Gasteiger partial charge in [0.15, 0.2) is 0 Å². The van der Waals surface area contributed by atoms with Crippen LogP contribution in [-0.4, -0.2) is 103 Å². The number of carboxylic acids is 1. The molecule has 7 N–H and O–H groups in total. The van der Waals surface area contributed by atoms with E-state index < -0.39 is 34.8 Å². The molecule has 0 aromatic carbocycles. The summed E-state index contributed by atoms with van der Waals surface area (Å²) in [4.78, 5) is 11.9. The van der Waals surface area contributed by atoms with Gasteiger partial charge in [0.1, 0.15) is 5.54 Å². The topological polar surface area (TPSA) is 168 Å². The molecule has 29 heavy (non-hydrogen) atoms. The van der Waals surface area contributed by atoms with Crippen molar-refractivity contribution in [3.63, 3.8) is 0 Å². The van der Waals surface area contributed by atoms with Gasteiger partial charge in [-0.05, 0) is 38.2 Å². The number of carboxylic acid groups (broad SMARTS) is 1. The summed E-state index contributed by atoms with van der Waals surface area (Å²) in [5.41, 5.74) is 4.48. The molecule has 11 nitrogen and oxygen atoms in total. The second-order valence-corrected chi connectivity index (χ2v) is 10.4. The Morgan fingerprint density at radius 2 is 2.00 bits per heavy atom. The van der Waals surface area contributed by atoms with Crippen LogP contribution in [0.1, 0.15) is 19.3 Å². The van der Waals surface area contributed by atoms with E-state index in [1.165, 1.54) is 8.61 Å². The summed E-state index contributed by atoms with van der Waals surface area (Å²) < 4.78 is 29.7. The molecule has 0 aliphatic carbocycles. The highest BCUT2D eigenvalue weighted by Crippen LogP contribution is 2.34. The van der Waals surface area contributed by atoms with E-state index in [2.05, 4.69) is 10.6 Å². The van der Waals surface area contributed by atoms with Gasteiger partial charge < -0.3 is 31.5 Å². The van der Waals surface area contributed by atoms with Crippen LogP contribution >= 0.6 is 0 Å². The Hall–Kier alpha value is -0.795. The summed E-state index contributed by atoms with van der Waals surface area (Å²) in [6, 6.07) is -0.138. The lowest BCUT2D eigenvalue weighted by Crippen LogP contribution is -2.62. The van der Waals surface area contributed by atoms with Crippen molar-refractivity contribution in [1.82, 2.24) is 19.2 Å². The predicted octanol–water partition coefficient (Wildman–Crippen LogP) is -2.92. The highest BCUT2D eigenvalue weighted by molar-refractivity contribution is 7.86. The van der Waals surface area contributed by atoms with Crippen molar-refractivity contribution in [1.29, 1.82) is 0 Å². The molecule has 0 saturated carbocycles. The summed E-state index contributed by atoms with van der Waals surface area (Å²) in [7, 11) is -5.35. The maximum absolute atomic E-state index is 13.5. The van der Waals surface area contributed by atoms with Crippen LogP contribution in [0, 0.1) is 11.8 Å². The monoisotopic (exact) mass is 433 g/mol. The van der Waals surface area contributed by atoms with Gasteiger partial charge in [0.05, 0.1) is 6.04 Å². The number of carbonyl (C=O) groups is 1. The van der Waals surface area contributed by atoms with E-state index in [1.54, 1.807) is 0 Å². The van der Waals surface area contributed by atoms with E-state index >= 15 is 0 Å². The van der Waals surface area contributed by atoms with Crippen molar-refractivity contribution in [2.24, 2.45) is 17.6 Å². The molecule has 166 valence electrons. The van der Waals surface area contributed by atoms with E-state index in [9.17, 15) is 18.3 Å². The number of aliphatic carboxylic acids is 1. The van der Waals surface area contributed by atoms with E-state index in [1.807, 2.05) is 0 Å². The van der Waals surface area contributed by atoms with Crippen LogP contribution in [0.3, 0.4) is 0 Å². The fourth-order valence-electron chi connectivity index (χ4n) is 4.39. The Balaban J connectivity index is 1.75. The number of nitrogens with two attached hydrogens (primary N) is 1. The Kier molecular flexibility index (Phi) is 7.21. The van der Waals surface area contributed by atoms with Gasteiger partial charge in [-0.3, -0.25) is 4.79 Å². The summed E-state index contributed by atoms with van der Waals surface area (Å²) in [5.74, 6) is -1.60. The molecule has 3 aliphatic rings. The van der Waals surface area contributed by atoms with Crippen molar-refractivity contribution in [3.05, 3.63) is 0 Å². The van der Waals surface area contributed by atoms with Gasteiger partial charge in [-0.2, -0.15) is 17.0 Å². The van der Waals surface area contributed by atoms with Crippen LogP contribution in [-0.2, 0) is 15.0 Å². The van der Waals surface area contributed by atoms with E-state index in [0.717, 1.165) is 19.5 Å². The number of hydrogen-bond donors (Lipinski definition) is 6. The second-order valence-electron chi connectivity index (χ2n) is 8.49. The highest BCUT2D eigenvalue weighted by Gasteiger charge is 2.54. The zero-order chi connectivity index (χ0) is 21.2. The Labute approximate surface area is 171 Å². The Bertz CT molecular complexity index is 687. The van der Waals surface area contributed by atoms with Crippen molar-refractivity contribution in [3.8, 4) is 0 Å². The van der Waals surface area contributed by atoms with Crippen molar-refractivity contribution >= 4 is 23.3 Å². The van der Waals surface area contributed by atoms with Crippen LogP contribution in [0.4, 0.5) is 0 Å². The molecular formula is C16H32BN5O6S. The molecule has 0 amide bonds. The van der Waals surface area contributed by atoms with Crippen molar-refractivity contribution in [2.75, 3.05) is 45.8 Å². The lowest BCUT2D eigenvalue weighted by Gasteiger charge is -2.40. The number of hydrogen-bond acceptors (Lipinski definition) is 8. The number of nitrogens with zero attached hydrogens (tertiary/aromatic N) is 2. The molecule has 3 saturated heterocycles. The molecular weight excluding hydrogens is 401 g/mol. The molecule has 1 unspecified atom stereocenters. The molecule has 0 aromatic heterocycles. The van der Waals surface area contributed by atoms with Crippen molar-refractivity contribution < 1.29 is 28.4 Å². The molecule has 3 aliphatic heterocycles. The zero-order valence-corrected chi connectivity index (χ0v) is 17.4. The minimum absolute atomic E-state index is 0.0201. The molecule has 3 atom stereocenters. The molecule has 0 spiro atoms. The van der Waals surface area contributed by atoms with Crippen LogP contribution < -0.4 is 16.4 Å². The minimum Gasteiger partial charge on any atom is -0.480 e. The van der Waals surface area contributed by atoms with Crippen LogP contribution in [0.25, 0.3) is 0 Å². The average molecular weight is 433 g/mol. The van der Waals surface area contributed by atoms with Gasteiger partial charge in [0.25, 0.3) is 10.2 Å². The lowest BCUT2D eigenvalue weighted by molar-refractivity contribution is -0.144. The quantitative estimate of drug-likeness (QED) is 0.198. The molecule has 0 radical (unpaired) electrons. The van der Waals surface area contributed by atoms with Crippen LogP contribution in [0.15, 0.2) is 0 Å². The Morgan fingerprint density at radius 3 is 2.52 bits per heavy atom. The molecule has 0 bridgehead atoms. The largest absolute Gasteiger partial charge is 0.480 e. The van der Waals surface area contributed by atoms with Gasteiger partial charge in [-0.15, -0.1) is 0 Å². The first-order chi connectivity index (χ1) is 13.6. The maximum atomic E-state index is 13.5. The maximum Gasteiger partial charge on any atom is 0.451 e. The summed E-state index contributed by atoms with van der Waals surface area (Å²) in [6.07, 6.45) is 1.66. The predicted molar refractivity (Wildman–Crippen MR) is 107 cm³/mol. The lowest BCUT2D eigenvalue weighted by atomic mass is 9.78. The first kappa shape index (κ1) is 22.9. The highest BCUT2D eigenvalue weighted by atomic mass is 32.2. The van der Waals surface area contributed by atoms with Crippen LogP contribution in [0.2, 0.25) is 6.32 Å². The Morgan fingerprint density at radius 1 is 1.28 bits per heavy atom. The second kappa shape index (κ2) is 9.14. The fourth-order valence-corrected chi connectivity index (χ4v) is 6.36. The standard InChI is InChI=1S/C16H32BN5O6S/c18-16(15(23)24)11-21(10-13(16)2-1-4-17(25)26)29(27,28)22(14-7-20-8-14)9-12-3-5-19-6-12/h12-14,19-20,25-26H,1-11,18H2,(H,23,24)/t12?,13-,16-/m0/s1. The number of nitrogens with one attached hydrogen (secondary N) is 2. The van der Waals surface area contributed by atoms with Gasteiger partial charge in [-0.1, -0.05) is 6.42 Å². The van der Waals surface area contributed by atoms with Gasteiger partial charge in [0, 0.05) is 38.6 Å². The third kappa shape index (κ3) is 4.93. The smallest absolute Gasteiger partial charge is 0.451 e. The molecule has 3 heterocycles. The van der Waals surface area contributed by atoms with E-state index in [-0.39, 0.29) is 31.4 Å². The average Bonchev–Trinajstić information content (AvgIpc) is 3.21. The summed E-state index contributed by atoms with van der Waals surface area (Å²) in [6.45, 7) is 2.95. The summed E-state index contributed by atoms with van der Waals surface area (Å²) in [5, 5.41) is 34.1. The van der Waals surface area contributed by atoms with Gasteiger partial charge in [0.2, 0.25) is 0 Å². The zero-order valence-electron chi connectivity index (χ0n) is 16.5. The molecule has 0 aromatic rings. The summed E-state index contributed by atoms with van der Waals surface area (Å²) >= 11 is 0. The fraction of sp³-hybridized carbons (Fsp3) is 0.938. The van der Waals surface area contributed by atoms with Gasteiger partial charge >= 0.3 is 13.1 Å². The third-order valence-electron chi connectivity index (χ3n) is 6.39. The number of rotatable bonds is 10.